The van der Waals surface area contributed by atoms with Crippen molar-refractivity contribution in [2.75, 3.05) is 31.5 Å². The summed E-state index contributed by atoms with van der Waals surface area (Å²) in [6, 6.07) is 4.40. The van der Waals surface area contributed by atoms with Crippen LogP contribution in [0.4, 0.5) is 10.1 Å². The second-order valence-electron chi connectivity index (χ2n) is 5.22. The number of halogens is 2. The molecule has 0 atom stereocenters. The Labute approximate surface area is 129 Å². The van der Waals surface area contributed by atoms with E-state index in [0.717, 1.165) is 32.5 Å². The summed E-state index contributed by atoms with van der Waals surface area (Å²) in [7, 11) is 0. The number of amides is 1. The lowest BCUT2D eigenvalue weighted by atomic mass is 10.0. The molecule has 0 radical (unpaired) electrons. The third kappa shape index (κ3) is 4.66. The third-order valence-electron chi connectivity index (χ3n) is 3.78. The quantitative estimate of drug-likeness (QED) is 0.878. The van der Waals surface area contributed by atoms with Crippen LogP contribution in [0.15, 0.2) is 18.2 Å². The summed E-state index contributed by atoms with van der Waals surface area (Å²) in [6.07, 6.45) is 2.11. The van der Waals surface area contributed by atoms with Gasteiger partial charge >= 0.3 is 0 Å². The van der Waals surface area contributed by atoms with Crippen molar-refractivity contribution in [2.24, 2.45) is 0 Å². The number of rotatable bonds is 5. The van der Waals surface area contributed by atoms with Crippen molar-refractivity contribution >= 4 is 23.2 Å². The number of hydrogen-bond donors (Lipinski definition) is 2. The summed E-state index contributed by atoms with van der Waals surface area (Å²) in [5, 5.41) is 6.28. The molecule has 1 fully saturated rings. The third-order valence-corrected chi connectivity index (χ3v) is 4.10. The van der Waals surface area contributed by atoms with Gasteiger partial charge < -0.3 is 10.6 Å². The van der Waals surface area contributed by atoms with E-state index in [2.05, 4.69) is 22.5 Å². The van der Waals surface area contributed by atoms with Crippen LogP contribution >= 0.6 is 11.6 Å². The average Bonchev–Trinajstić information content (AvgIpc) is 2.48. The first-order chi connectivity index (χ1) is 10.1. The van der Waals surface area contributed by atoms with Gasteiger partial charge in [-0.3, -0.25) is 9.69 Å². The van der Waals surface area contributed by atoms with E-state index in [1.807, 2.05) is 0 Å². The largest absolute Gasteiger partial charge is 0.324 e. The molecule has 0 spiro atoms. The number of benzene rings is 1. The molecule has 0 bridgehead atoms. The monoisotopic (exact) mass is 313 g/mol. The molecule has 6 heteroatoms. The van der Waals surface area contributed by atoms with E-state index in [1.54, 1.807) is 0 Å². The molecule has 1 heterocycles. The highest BCUT2D eigenvalue weighted by Crippen LogP contribution is 2.22. The van der Waals surface area contributed by atoms with E-state index in [4.69, 9.17) is 11.6 Å². The van der Waals surface area contributed by atoms with Crippen molar-refractivity contribution in [1.82, 2.24) is 10.2 Å². The van der Waals surface area contributed by atoms with Gasteiger partial charge in [0.2, 0.25) is 5.91 Å². The summed E-state index contributed by atoms with van der Waals surface area (Å²) in [5.74, 6) is -0.535. The second-order valence-corrected chi connectivity index (χ2v) is 5.62. The van der Waals surface area contributed by atoms with Gasteiger partial charge in [0.05, 0.1) is 17.3 Å². The molecule has 0 aromatic heterocycles. The van der Waals surface area contributed by atoms with Crippen molar-refractivity contribution in [2.45, 2.75) is 25.8 Å². The SMILES string of the molecule is CCN(CC(=O)Nc1ccc(F)cc1Cl)C1CCNCC1. The van der Waals surface area contributed by atoms with E-state index < -0.39 is 5.82 Å². The molecule has 1 amide bonds. The molecule has 1 aliphatic heterocycles. The Morgan fingerprint density at radius 3 is 2.81 bits per heavy atom. The molecule has 2 rings (SSSR count). The molecule has 1 aliphatic rings. The van der Waals surface area contributed by atoms with Crippen LogP contribution in [0.3, 0.4) is 0 Å². The first-order valence-corrected chi connectivity index (χ1v) is 7.67. The Hall–Kier alpha value is -1.17. The van der Waals surface area contributed by atoms with Gasteiger partial charge in [-0.2, -0.15) is 0 Å². The minimum Gasteiger partial charge on any atom is -0.324 e. The number of carbonyl (C=O) groups excluding carboxylic acids is 1. The van der Waals surface area contributed by atoms with Crippen LogP contribution in [0.5, 0.6) is 0 Å². The van der Waals surface area contributed by atoms with Crippen LogP contribution in [-0.4, -0.2) is 43.0 Å². The van der Waals surface area contributed by atoms with E-state index in [-0.39, 0.29) is 10.9 Å². The summed E-state index contributed by atoms with van der Waals surface area (Å²) < 4.78 is 13.0. The van der Waals surface area contributed by atoms with Crippen molar-refractivity contribution in [3.63, 3.8) is 0 Å². The van der Waals surface area contributed by atoms with Crippen LogP contribution < -0.4 is 10.6 Å². The predicted octanol–water partition coefficient (Wildman–Crippen LogP) is 2.49. The smallest absolute Gasteiger partial charge is 0.238 e. The van der Waals surface area contributed by atoms with Gasteiger partial charge in [-0.25, -0.2) is 4.39 Å². The first kappa shape index (κ1) is 16.2. The summed E-state index contributed by atoms with van der Waals surface area (Å²) >= 11 is 5.92. The van der Waals surface area contributed by atoms with Gasteiger partial charge in [0.15, 0.2) is 0 Å². The first-order valence-electron chi connectivity index (χ1n) is 7.30. The van der Waals surface area contributed by atoms with Gasteiger partial charge in [-0.05, 0) is 50.7 Å². The van der Waals surface area contributed by atoms with Gasteiger partial charge in [0.1, 0.15) is 5.82 Å². The second kappa shape index (κ2) is 7.73. The zero-order valence-electron chi connectivity index (χ0n) is 12.2. The normalized spacial score (nSPS) is 16.2. The highest BCUT2D eigenvalue weighted by molar-refractivity contribution is 6.33. The number of nitrogens with zero attached hydrogens (tertiary/aromatic N) is 1. The van der Waals surface area contributed by atoms with Crippen molar-refractivity contribution in [3.8, 4) is 0 Å². The fourth-order valence-electron chi connectivity index (χ4n) is 2.64. The Bertz CT molecular complexity index is 492. The van der Waals surface area contributed by atoms with Gasteiger partial charge in [0.25, 0.3) is 0 Å². The van der Waals surface area contributed by atoms with Crippen LogP contribution in [0.1, 0.15) is 19.8 Å². The lowest BCUT2D eigenvalue weighted by Gasteiger charge is -2.33. The van der Waals surface area contributed by atoms with E-state index in [9.17, 15) is 9.18 Å². The zero-order valence-corrected chi connectivity index (χ0v) is 12.9. The Balaban J connectivity index is 1.92. The molecule has 0 unspecified atom stereocenters. The number of carbonyl (C=O) groups is 1. The Morgan fingerprint density at radius 1 is 1.48 bits per heavy atom. The number of piperidine rings is 1. The molecular weight excluding hydrogens is 293 g/mol. The van der Waals surface area contributed by atoms with E-state index >= 15 is 0 Å². The van der Waals surface area contributed by atoms with Crippen molar-refractivity contribution in [3.05, 3.63) is 29.0 Å². The number of likely N-dealkylation sites (N-methyl/N-ethyl adjacent to an activating group) is 1. The molecule has 0 aliphatic carbocycles. The topological polar surface area (TPSA) is 44.4 Å². The molecule has 1 aromatic carbocycles. The van der Waals surface area contributed by atoms with Gasteiger partial charge in [-0.15, -0.1) is 0 Å². The maximum atomic E-state index is 13.0. The number of anilines is 1. The maximum absolute atomic E-state index is 13.0. The van der Waals surface area contributed by atoms with Gasteiger partial charge in [-0.1, -0.05) is 18.5 Å². The lowest BCUT2D eigenvalue weighted by Crippen LogP contribution is -2.46. The van der Waals surface area contributed by atoms with Crippen LogP contribution in [0.2, 0.25) is 5.02 Å². The van der Waals surface area contributed by atoms with Crippen LogP contribution in [-0.2, 0) is 4.79 Å². The standard InChI is InChI=1S/C15H21ClFN3O/c1-2-20(12-5-7-18-8-6-12)10-15(21)19-14-4-3-11(17)9-13(14)16/h3-4,9,12,18H,2,5-8,10H2,1H3,(H,19,21). The Kier molecular flexibility index (Phi) is 5.96. The van der Waals surface area contributed by atoms with Gasteiger partial charge in [0, 0.05) is 6.04 Å². The van der Waals surface area contributed by atoms with E-state index in [0.29, 0.717) is 18.3 Å². The van der Waals surface area contributed by atoms with Crippen LogP contribution in [0.25, 0.3) is 0 Å². The minimum absolute atomic E-state index is 0.121. The molecule has 1 aromatic rings. The molecule has 0 saturated carbocycles. The van der Waals surface area contributed by atoms with E-state index in [1.165, 1.54) is 18.2 Å². The summed E-state index contributed by atoms with van der Waals surface area (Å²) in [5.41, 5.74) is 0.449. The molecule has 116 valence electrons. The minimum atomic E-state index is -0.414. The number of hydrogen-bond acceptors (Lipinski definition) is 3. The fourth-order valence-corrected chi connectivity index (χ4v) is 2.85. The van der Waals surface area contributed by atoms with Crippen molar-refractivity contribution < 1.29 is 9.18 Å². The van der Waals surface area contributed by atoms with Crippen molar-refractivity contribution in [1.29, 1.82) is 0 Å². The number of nitrogens with one attached hydrogen (secondary N) is 2. The summed E-state index contributed by atoms with van der Waals surface area (Å²) in [4.78, 5) is 14.3. The molecule has 4 nitrogen and oxygen atoms in total. The van der Waals surface area contributed by atoms with Crippen LogP contribution in [0, 0.1) is 5.82 Å². The highest BCUT2D eigenvalue weighted by atomic mass is 35.5. The molecule has 1 saturated heterocycles. The predicted molar refractivity (Wildman–Crippen MR) is 83.2 cm³/mol. The molecule has 21 heavy (non-hydrogen) atoms. The molecular formula is C15H21ClFN3O. The average molecular weight is 314 g/mol. The molecule has 2 N–H and O–H groups in total. The zero-order chi connectivity index (χ0) is 15.2. The maximum Gasteiger partial charge on any atom is 0.238 e. The lowest BCUT2D eigenvalue weighted by molar-refractivity contribution is -0.118. The highest BCUT2D eigenvalue weighted by Gasteiger charge is 2.21. The fraction of sp³-hybridized carbons (Fsp3) is 0.533. The summed E-state index contributed by atoms with van der Waals surface area (Å²) in [6.45, 7) is 5.20. The Morgan fingerprint density at radius 2 is 2.19 bits per heavy atom.